The minimum Gasteiger partial charge on any atom is -0.384 e. The molecule has 1 saturated carbocycles. The molecule has 1 aliphatic carbocycles. The molecular weight excluding hydrogens is 328 g/mol. The smallest absolute Gasteiger partial charge is 0.191 e. The molecule has 0 amide bonds. The van der Waals surface area contributed by atoms with E-state index in [1.807, 2.05) is 6.20 Å². The molecule has 2 N–H and O–H groups in total. The fourth-order valence-electron chi connectivity index (χ4n) is 3.06. The molecule has 23 heavy (non-hydrogen) atoms. The number of nitrogens with zero attached hydrogens (tertiary/aromatic N) is 3. The van der Waals surface area contributed by atoms with Gasteiger partial charge >= 0.3 is 0 Å². The lowest BCUT2D eigenvalue weighted by Gasteiger charge is -2.22. The number of pyridine rings is 1. The summed E-state index contributed by atoms with van der Waals surface area (Å²) >= 11 is 7.48. The molecule has 1 atom stereocenters. The summed E-state index contributed by atoms with van der Waals surface area (Å²) in [4.78, 5) is 13.0. The Morgan fingerprint density at radius 3 is 2.74 bits per heavy atom. The molecular formula is C17H21ClN4S. The third-order valence-electron chi connectivity index (χ3n) is 4.27. The number of hydrogen-bond acceptors (Lipinski definition) is 5. The van der Waals surface area contributed by atoms with E-state index in [0.717, 1.165) is 5.69 Å². The first-order chi connectivity index (χ1) is 11.1. The van der Waals surface area contributed by atoms with Gasteiger partial charge in [-0.2, -0.15) is 0 Å². The fraction of sp³-hybridized carbons (Fsp3) is 0.471. The van der Waals surface area contributed by atoms with Gasteiger partial charge in [0.05, 0.1) is 10.9 Å². The molecule has 0 radical (unpaired) electrons. The van der Waals surface area contributed by atoms with Crippen molar-refractivity contribution in [2.24, 2.45) is 0 Å². The van der Waals surface area contributed by atoms with E-state index < -0.39 is 0 Å². The van der Waals surface area contributed by atoms with Crippen molar-refractivity contribution in [1.82, 2.24) is 15.0 Å². The molecule has 1 fully saturated rings. The van der Waals surface area contributed by atoms with Crippen LogP contribution >= 0.6 is 23.4 Å². The monoisotopic (exact) mass is 348 g/mol. The van der Waals surface area contributed by atoms with Crippen LogP contribution in [-0.4, -0.2) is 15.0 Å². The van der Waals surface area contributed by atoms with Gasteiger partial charge in [-0.05, 0) is 43.4 Å². The normalized spacial score (nSPS) is 17.1. The van der Waals surface area contributed by atoms with Crippen LogP contribution in [-0.2, 0) is 0 Å². The largest absolute Gasteiger partial charge is 0.384 e. The van der Waals surface area contributed by atoms with Gasteiger partial charge in [0.2, 0.25) is 0 Å². The quantitative estimate of drug-likeness (QED) is 0.478. The van der Waals surface area contributed by atoms with E-state index in [9.17, 15) is 0 Å². The number of halogens is 1. The summed E-state index contributed by atoms with van der Waals surface area (Å²) in [5.41, 5.74) is 8.20. The molecule has 0 aliphatic heterocycles. The van der Waals surface area contributed by atoms with Crippen molar-refractivity contribution in [3.63, 3.8) is 0 Å². The summed E-state index contributed by atoms with van der Waals surface area (Å²) in [6.45, 7) is 2.11. The van der Waals surface area contributed by atoms with Crippen molar-refractivity contribution in [3.8, 4) is 0 Å². The maximum Gasteiger partial charge on any atom is 0.191 e. The molecule has 1 unspecified atom stereocenters. The minimum absolute atomic E-state index is 0.149. The van der Waals surface area contributed by atoms with E-state index in [4.69, 9.17) is 17.3 Å². The van der Waals surface area contributed by atoms with Gasteiger partial charge in [-0.3, -0.25) is 4.98 Å². The molecule has 0 bridgehead atoms. The maximum absolute atomic E-state index is 5.95. The standard InChI is InChI=1S/C17H21ClN4S/c1-11(23-17-21-15(18)10-16(19)22-17)14-9-13(7-8-20-14)12-5-3-2-4-6-12/h7-12H,2-6H2,1H3,(H2,19,21,22). The highest BCUT2D eigenvalue weighted by atomic mass is 35.5. The van der Waals surface area contributed by atoms with Crippen LogP contribution in [0.2, 0.25) is 5.15 Å². The van der Waals surface area contributed by atoms with Crippen molar-refractivity contribution in [1.29, 1.82) is 0 Å². The topological polar surface area (TPSA) is 64.7 Å². The van der Waals surface area contributed by atoms with E-state index in [1.165, 1.54) is 49.4 Å². The molecule has 1 aliphatic rings. The van der Waals surface area contributed by atoms with Gasteiger partial charge in [0.25, 0.3) is 0 Å². The van der Waals surface area contributed by atoms with Crippen LogP contribution in [0, 0.1) is 0 Å². The van der Waals surface area contributed by atoms with Gasteiger partial charge in [-0.15, -0.1) is 0 Å². The first-order valence-corrected chi connectivity index (χ1v) is 9.30. The van der Waals surface area contributed by atoms with Gasteiger partial charge in [0, 0.05) is 12.3 Å². The lowest BCUT2D eigenvalue weighted by atomic mass is 9.84. The summed E-state index contributed by atoms with van der Waals surface area (Å²) in [6.07, 6.45) is 8.54. The predicted octanol–water partition coefficient (Wildman–Crippen LogP) is 5.01. The van der Waals surface area contributed by atoms with E-state index in [2.05, 4.69) is 34.0 Å². The number of aromatic nitrogens is 3. The summed E-state index contributed by atoms with van der Waals surface area (Å²) in [7, 11) is 0. The van der Waals surface area contributed by atoms with Crippen LogP contribution < -0.4 is 5.73 Å². The Balaban J connectivity index is 1.75. The molecule has 0 aromatic carbocycles. The van der Waals surface area contributed by atoms with Crippen LogP contribution in [0.25, 0.3) is 0 Å². The third-order valence-corrected chi connectivity index (χ3v) is 5.46. The van der Waals surface area contributed by atoms with E-state index in [-0.39, 0.29) is 5.25 Å². The van der Waals surface area contributed by atoms with Gasteiger partial charge in [0.1, 0.15) is 11.0 Å². The molecule has 0 spiro atoms. The Bertz CT molecular complexity index is 653. The zero-order valence-electron chi connectivity index (χ0n) is 13.2. The second-order valence-electron chi connectivity index (χ2n) is 6.01. The molecule has 4 nitrogen and oxygen atoms in total. The van der Waals surface area contributed by atoms with Crippen molar-refractivity contribution < 1.29 is 0 Å². The summed E-state index contributed by atoms with van der Waals surface area (Å²) < 4.78 is 0. The zero-order chi connectivity index (χ0) is 16.2. The third kappa shape index (κ3) is 4.36. The van der Waals surface area contributed by atoms with Crippen molar-refractivity contribution in [2.45, 2.75) is 55.4 Å². The highest BCUT2D eigenvalue weighted by Crippen LogP contribution is 2.36. The predicted molar refractivity (Wildman–Crippen MR) is 95.8 cm³/mol. The Morgan fingerprint density at radius 2 is 2.00 bits per heavy atom. The van der Waals surface area contributed by atoms with E-state index in [0.29, 0.717) is 22.0 Å². The average molecular weight is 349 g/mol. The number of rotatable bonds is 4. The Kier molecular flexibility index (Phi) is 5.38. The summed E-state index contributed by atoms with van der Waals surface area (Å²) in [5, 5.41) is 1.11. The number of anilines is 1. The van der Waals surface area contributed by atoms with Crippen LogP contribution in [0.4, 0.5) is 5.82 Å². The lowest BCUT2D eigenvalue weighted by Crippen LogP contribution is -2.06. The Morgan fingerprint density at radius 1 is 1.22 bits per heavy atom. The molecule has 2 aromatic heterocycles. The van der Waals surface area contributed by atoms with Crippen molar-refractivity contribution >= 4 is 29.2 Å². The van der Waals surface area contributed by atoms with Crippen LogP contribution in [0.1, 0.15) is 61.5 Å². The first kappa shape index (κ1) is 16.5. The molecule has 0 saturated heterocycles. The number of thioether (sulfide) groups is 1. The lowest BCUT2D eigenvalue weighted by molar-refractivity contribution is 0.443. The average Bonchev–Trinajstić information content (AvgIpc) is 2.55. The molecule has 2 aromatic rings. The van der Waals surface area contributed by atoms with Gasteiger partial charge < -0.3 is 5.73 Å². The van der Waals surface area contributed by atoms with Crippen LogP contribution in [0.3, 0.4) is 0 Å². The van der Waals surface area contributed by atoms with Crippen molar-refractivity contribution in [3.05, 3.63) is 40.8 Å². The maximum atomic E-state index is 5.95. The van der Waals surface area contributed by atoms with E-state index in [1.54, 1.807) is 6.07 Å². The van der Waals surface area contributed by atoms with Crippen molar-refractivity contribution in [2.75, 3.05) is 5.73 Å². The number of nitrogens with two attached hydrogens (primary N) is 1. The SMILES string of the molecule is CC(Sc1nc(N)cc(Cl)n1)c1cc(C2CCCCC2)ccn1. The molecule has 3 rings (SSSR count). The summed E-state index contributed by atoms with van der Waals surface area (Å²) in [6, 6.07) is 5.95. The van der Waals surface area contributed by atoms with Gasteiger partial charge in [-0.1, -0.05) is 42.6 Å². The van der Waals surface area contributed by atoms with Gasteiger partial charge in [0.15, 0.2) is 5.16 Å². The molecule has 122 valence electrons. The second kappa shape index (κ2) is 7.49. The van der Waals surface area contributed by atoms with Crippen LogP contribution in [0.5, 0.6) is 0 Å². The Labute approximate surface area is 146 Å². The molecule has 2 heterocycles. The highest BCUT2D eigenvalue weighted by Gasteiger charge is 2.18. The molecule has 6 heteroatoms. The summed E-state index contributed by atoms with van der Waals surface area (Å²) in [5.74, 6) is 1.07. The fourth-order valence-corrected chi connectivity index (χ4v) is 4.18. The number of hydrogen-bond donors (Lipinski definition) is 1. The van der Waals surface area contributed by atoms with E-state index >= 15 is 0 Å². The Hall–Kier alpha value is -1.33. The minimum atomic E-state index is 0.149. The van der Waals surface area contributed by atoms with Crippen LogP contribution in [0.15, 0.2) is 29.6 Å². The number of nitrogen functional groups attached to an aromatic ring is 1. The van der Waals surface area contributed by atoms with Gasteiger partial charge in [-0.25, -0.2) is 9.97 Å². The first-order valence-electron chi connectivity index (χ1n) is 8.04. The zero-order valence-corrected chi connectivity index (χ0v) is 14.8. The highest BCUT2D eigenvalue weighted by molar-refractivity contribution is 7.99. The second-order valence-corrected chi connectivity index (χ2v) is 7.70.